The molecule has 0 amide bonds. The number of carbonyl (C=O) groups excluding carboxylic acids is 2. The molecule has 0 heterocycles. The molecule has 346 valence electrons. The molecule has 0 spiro atoms. The fraction of sp³-hybridized carbons (Fsp3) is 0.739. The molecule has 6 N–H and O–H groups in total. The van der Waals surface area contributed by atoms with Gasteiger partial charge in [-0.05, 0) is 51.4 Å². The van der Waals surface area contributed by atoms with Crippen LogP contribution in [0.2, 0.25) is 0 Å². The summed E-state index contributed by atoms with van der Waals surface area (Å²) in [5.41, 5.74) is 0. The van der Waals surface area contributed by atoms with E-state index in [4.69, 9.17) is 18.5 Å². The zero-order valence-electron chi connectivity index (χ0n) is 36.5. The minimum atomic E-state index is -5.13. The number of esters is 2. The zero-order valence-corrected chi connectivity index (χ0v) is 37.4. The van der Waals surface area contributed by atoms with E-state index in [1.807, 2.05) is 18.2 Å². The maximum Gasteiger partial charge on any atom is 0.472 e. The van der Waals surface area contributed by atoms with Gasteiger partial charge in [-0.1, -0.05) is 158 Å². The van der Waals surface area contributed by atoms with Crippen LogP contribution in [0.25, 0.3) is 0 Å². The van der Waals surface area contributed by atoms with Gasteiger partial charge in [-0.2, -0.15) is 0 Å². The molecular weight excluding hydrogens is 791 g/mol. The molecule has 0 saturated heterocycles. The summed E-state index contributed by atoms with van der Waals surface area (Å²) in [6, 6.07) is 0. The highest BCUT2D eigenvalue weighted by Crippen LogP contribution is 2.47. The molecule has 1 aliphatic carbocycles. The third-order valence-corrected chi connectivity index (χ3v) is 11.1. The normalized spacial score (nSPS) is 22.7. The van der Waals surface area contributed by atoms with Crippen LogP contribution in [0.3, 0.4) is 0 Å². The fourth-order valence-electron chi connectivity index (χ4n) is 6.45. The van der Waals surface area contributed by atoms with Gasteiger partial charge < -0.3 is 39.9 Å². The predicted octanol–water partition coefficient (Wildman–Crippen LogP) is 8.55. The van der Waals surface area contributed by atoms with Crippen molar-refractivity contribution in [1.29, 1.82) is 0 Å². The molecule has 13 nitrogen and oxygen atoms in total. The van der Waals surface area contributed by atoms with Crippen LogP contribution in [0.15, 0.2) is 60.8 Å². The van der Waals surface area contributed by atoms with Gasteiger partial charge in [0.2, 0.25) is 0 Å². The minimum Gasteiger partial charge on any atom is -0.462 e. The van der Waals surface area contributed by atoms with Crippen molar-refractivity contribution < 1.29 is 63.1 Å². The van der Waals surface area contributed by atoms with Crippen molar-refractivity contribution in [3.8, 4) is 0 Å². The number of unbranched alkanes of at least 4 members (excludes halogenated alkanes) is 14. The van der Waals surface area contributed by atoms with Crippen LogP contribution in [0.5, 0.6) is 0 Å². The summed E-state index contributed by atoms with van der Waals surface area (Å²) in [6.07, 6.45) is 30.1. The molecule has 1 fully saturated rings. The molecule has 0 aromatic carbocycles. The first-order valence-corrected chi connectivity index (χ1v) is 24.1. The summed E-state index contributed by atoms with van der Waals surface area (Å²) in [5, 5.41) is 50.1. The summed E-state index contributed by atoms with van der Waals surface area (Å²) < 4.78 is 33.4. The molecule has 0 aliphatic heterocycles. The van der Waals surface area contributed by atoms with Crippen LogP contribution < -0.4 is 0 Å². The number of aliphatic hydroxyl groups excluding tert-OH is 5. The van der Waals surface area contributed by atoms with Gasteiger partial charge >= 0.3 is 19.8 Å². The van der Waals surface area contributed by atoms with Crippen molar-refractivity contribution in [2.24, 2.45) is 0 Å². The van der Waals surface area contributed by atoms with E-state index in [9.17, 15) is 44.6 Å². The Morgan fingerprint density at radius 2 is 0.933 bits per heavy atom. The second kappa shape index (κ2) is 36.1. The first-order chi connectivity index (χ1) is 28.9. The van der Waals surface area contributed by atoms with Gasteiger partial charge in [0.1, 0.15) is 43.2 Å². The second-order valence-corrected chi connectivity index (χ2v) is 17.0. The van der Waals surface area contributed by atoms with Crippen molar-refractivity contribution >= 4 is 19.8 Å². The number of phosphoric acid groups is 1. The maximum atomic E-state index is 12.8. The van der Waals surface area contributed by atoms with Crippen molar-refractivity contribution in [2.45, 2.75) is 204 Å². The Morgan fingerprint density at radius 1 is 0.517 bits per heavy atom. The molecule has 0 aromatic rings. The Labute approximate surface area is 360 Å². The second-order valence-electron chi connectivity index (χ2n) is 15.6. The van der Waals surface area contributed by atoms with E-state index in [0.717, 1.165) is 51.4 Å². The molecule has 8 atom stereocenters. The van der Waals surface area contributed by atoms with Crippen molar-refractivity contribution in [3.05, 3.63) is 60.8 Å². The number of carbonyl (C=O) groups is 2. The molecular formula is C46H79O13P. The lowest BCUT2D eigenvalue weighted by Gasteiger charge is -2.41. The average Bonchev–Trinajstić information content (AvgIpc) is 3.23. The molecule has 1 rings (SSSR count). The fourth-order valence-corrected chi connectivity index (χ4v) is 7.42. The van der Waals surface area contributed by atoms with E-state index in [-0.39, 0.29) is 12.8 Å². The summed E-state index contributed by atoms with van der Waals surface area (Å²) in [6.45, 7) is 3.19. The smallest absolute Gasteiger partial charge is 0.462 e. The molecule has 0 radical (unpaired) electrons. The summed E-state index contributed by atoms with van der Waals surface area (Å²) in [7, 11) is -5.13. The van der Waals surface area contributed by atoms with Crippen molar-refractivity contribution in [3.63, 3.8) is 0 Å². The van der Waals surface area contributed by atoms with E-state index in [2.05, 4.69) is 56.4 Å². The van der Waals surface area contributed by atoms with Crippen LogP contribution in [0, 0.1) is 0 Å². The quantitative estimate of drug-likeness (QED) is 0.0151. The lowest BCUT2D eigenvalue weighted by atomic mass is 9.85. The van der Waals surface area contributed by atoms with Gasteiger partial charge in [0.15, 0.2) is 6.10 Å². The Hall–Kier alpha value is -2.45. The molecule has 14 heteroatoms. The number of allylic oxidation sites excluding steroid dienone is 10. The average molecular weight is 871 g/mol. The van der Waals surface area contributed by atoms with Crippen molar-refractivity contribution in [2.75, 3.05) is 13.2 Å². The largest absolute Gasteiger partial charge is 0.472 e. The highest BCUT2D eigenvalue weighted by Gasteiger charge is 2.51. The zero-order chi connectivity index (χ0) is 44.3. The SMILES string of the molecule is CCCCC/C=C/C/C=C/C/C=C/C/C=C/C/C=C/CCC(=O)OC[C@@H](COP(=O)(O)OC1C(O)C(O)C(O)[C@H](O)C1O)OC(=O)CCCCCCCCCCCCCC. The standard InChI is InChI=1S/C46H79O13P/c1-3-5-7-9-11-13-15-17-18-19-20-21-22-23-25-26-28-30-32-34-39(47)56-36-38(58-40(48)35-33-31-29-27-24-16-14-12-10-8-6-4-2)37-57-60(54,55)59-46-44(52)42(50)41(49)43(51)45(46)53/h11,13,17-18,20-21,23,25,28,30,38,41-46,49-53H,3-10,12,14-16,19,22,24,26-27,29,31-37H2,1-2H3,(H,54,55)/b13-11+,18-17+,21-20+,25-23+,30-28+/t38-,41?,42-,43?,44?,45?,46?/m0/s1. The van der Waals surface area contributed by atoms with Gasteiger partial charge in [0, 0.05) is 12.8 Å². The van der Waals surface area contributed by atoms with E-state index in [1.54, 1.807) is 0 Å². The summed E-state index contributed by atoms with van der Waals surface area (Å²) in [4.78, 5) is 35.6. The maximum absolute atomic E-state index is 12.8. The van der Waals surface area contributed by atoms with Gasteiger partial charge in [0.25, 0.3) is 0 Å². The number of ether oxygens (including phenoxy) is 2. The topological polar surface area (TPSA) is 210 Å². The Kier molecular flexibility index (Phi) is 33.4. The number of rotatable bonds is 36. The van der Waals surface area contributed by atoms with Crippen LogP contribution in [-0.2, 0) is 32.7 Å². The first kappa shape index (κ1) is 55.6. The van der Waals surface area contributed by atoms with E-state index in [1.165, 1.54) is 64.2 Å². The van der Waals surface area contributed by atoms with Crippen molar-refractivity contribution in [1.82, 2.24) is 0 Å². The first-order valence-electron chi connectivity index (χ1n) is 22.6. The van der Waals surface area contributed by atoms with Gasteiger partial charge in [-0.3, -0.25) is 18.6 Å². The van der Waals surface area contributed by atoms with Gasteiger partial charge in [-0.15, -0.1) is 0 Å². The van der Waals surface area contributed by atoms with Crippen LogP contribution >= 0.6 is 7.82 Å². The van der Waals surface area contributed by atoms with Crippen LogP contribution in [-0.4, -0.2) is 98.3 Å². The molecule has 60 heavy (non-hydrogen) atoms. The highest BCUT2D eigenvalue weighted by atomic mass is 31.2. The number of phosphoric ester groups is 1. The lowest BCUT2D eigenvalue weighted by molar-refractivity contribution is -0.220. The third kappa shape index (κ3) is 28.2. The molecule has 1 aliphatic rings. The van der Waals surface area contributed by atoms with Crippen LogP contribution in [0.4, 0.5) is 0 Å². The molecule has 0 bridgehead atoms. The lowest BCUT2D eigenvalue weighted by Crippen LogP contribution is -2.64. The van der Waals surface area contributed by atoms with Gasteiger partial charge in [-0.25, -0.2) is 4.57 Å². The third-order valence-electron chi connectivity index (χ3n) is 10.1. The Balaban J connectivity index is 2.52. The van der Waals surface area contributed by atoms with E-state index < -0.39 is 75.7 Å². The highest BCUT2D eigenvalue weighted by molar-refractivity contribution is 7.47. The Morgan fingerprint density at radius 3 is 1.43 bits per heavy atom. The number of hydrogen-bond donors (Lipinski definition) is 6. The summed E-state index contributed by atoms with van der Waals surface area (Å²) in [5.74, 6) is -1.20. The monoisotopic (exact) mass is 871 g/mol. The van der Waals surface area contributed by atoms with E-state index >= 15 is 0 Å². The molecule has 1 saturated carbocycles. The number of hydrogen-bond acceptors (Lipinski definition) is 12. The number of aliphatic hydroxyl groups is 5. The summed E-state index contributed by atoms with van der Waals surface area (Å²) >= 11 is 0. The predicted molar refractivity (Wildman–Crippen MR) is 235 cm³/mol. The molecule has 0 aromatic heterocycles. The minimum absolute atomic E-state index is 0.0427. The van der Waals surface area contributed by atoms with Gasteiger partial charge in [0.05, 0.1) is 6.61 Å². The molecule has 6 unspecified atom stereocenters. The van der Waals surface area contributed by atoms with Crippen LogP contribution in [0.1, 0.15) is 162 Å². The van der Waals surface area contributed by atoms with E-state index in [0.29, 0.717) is 19.3 Å². The Bertz CT molecular complexity index is 1280.